The number of benzene rings is 1. The normalized spacial score (nSPS) is 26.4. The van der Waals surface area contributed by atoms with Gasteiger partial charge in [-0.1, -0.05) is 43.5 Å². The lowest BCUT2D eigenvalue weighted by Gasteiger charge is -2.32. The summed E-state index contributed by atoms with van der Waals surface area (Å²) in [4.78, 5) is 27.7. The first kappa shape index (κ1) is 17.5. The predicted molar refractivity (Wildman–Crippen MR) is 101 cm³/mol. The van der Waals surface area contributed by atoms with Crippen molar-refractivity contribution in [2.75, 3.05) is 6.54 Å². The summed E-state index contributed by atoms with van der Waals surface area (Å²) in [5.74, 6) is 0.139. The van der Waals surface area contributed by atoms with Gasteiger partial charge in [0.15, 0.2) is 0 Å². The molecule has 1 aliphatic carbocycles. The third-order valence-corrected chi connectivity index (χ3v) is 6.17. The summed E-state index contributed by atoms with van der Waals surface area (Å²) in [6.45, 7) is 1.42. The number of rotatable bonds is 3. The van der Waals surface area contributed by atoms with E-state index in [0.29, 0.717) is 19.0 Å². The van der Waals surface area contributed by atoms with Crippen LogP contribution in [0.15, 0.2) is 24.3 Å². The number of hydrogen-bond acceptors (Lipinski definition) is 3. The molecule has 0 spiro atoms. The van der Waals surface area contributed by atoms with Crippen LogP contribution in [0.1, 0.15) is 56.1 Å². The van der Waals surface area contributed by atoms with E-state index in [-0.39, 0.29) is 23.9 Å². The van der Waals surface area contributed by atoms with Crippen molar-refractivity contribution < 1.29 is 9.59 Å². The standard InChI is InChI=1S/C21H29N3O2/c25-20(23-17-9-2-1-3-10-17)19-11-6-12-24(19)21(26)18-13-15-7-4-5-8-16(15)14-22-18/h4-5,7-8,17-19,22H,1-3,6,9-14H2,(H,23,25)/t18-,19-/m0/s1. The molecule has 5 nitrogen and oxygen atoms in total. The minimum Gasteiger partial charge on any atom is -0.352 e. The third kappa shape index (κ3) is 3.63. The molecule has 1 saturated carbocycles. The highest BCUT2D eigenvalue weighted by atomic mass is 16.2. The fraction of sp³-hybridized carbons (Fsp3) is 0.619. The molecule has 2 heterocycles. The fourth-order valence-corrected chi connectivity index (χ4v) is 4.68. The first-order valence-corrected chi connectivity index (χ1v) is 10.1. The molecule has 2 fully saturated rings. The number of carbonyl (C=O) groups is 2. The molecule has 2 N–H and O–H groups in total. The van der Waals surface area contributed by atoms with Crippen LogP contribution in [-0.4, -0.2) is 41.4 Å². The summed E-state index contributed by atoms with van der Waals surface area (Å²) < 4.78 is 0. The molecule has 26 heavy (non-hydrogen) atoms. The Kier molecular flexibility index (Phi) is 5.25. The van der Waals surface area contributed by atoms with E-state index in [9.17, 15) is 9.59 Å². The number of fused-ring (bicyclic) bond motifs is 1. The molecule has 0 radical (unpaired) electrons. The minimum absolute atomic E-state index is 0.0546. The van der Waals surface area contributed by atoms with Crippen LogP contribution in [-0.2, 0) is 22.6 Å². The van der Waals surface area contributed by atoms with Crippen molar-refractivity contribution in [1.29, 1.82) is 0 Å². The summed E-state index contributed by atoms with van der Waals surface area (Å²) in [6, 6.07) is 8.08. The fourth-order valence-electron chi connectivity index (χ4n) is 4.68. The second kappa shape index (κ2) is 7.78. The van der Waals surface area contributed by atoms with E-state index in [1.54, 1.807) is 0 Å². The largest absolute Gasteiger partial charge is 0.352 e. The lowest BCUT2D eigenvalue weighted by molar-refractivity contribution is -0.140. The molecule has 1 aromatic rings. The first-order chi connectivity index (χ1) is 12.7. The van der Waals surface area contributed by atoms with Gasteiger partial charge in [-0.05, 0) is 43.2 Å². The maximum atomic E-state index is 13.1. The van der Waals surface area contributed by atoms with Crippen molar-refractivity contribution in [3.63, 3.8) is 0 Å². The zero-order chi connectivity index (χ0) is 17.9. The number of hydrogen-bond donors (Lipinski definition) is 2. The predicted octanol–water partition coefficient (Wildman–Crippen LogP) is 2.14. The summed E-state index contributed by atoms with van der Waals surface area (Å²) in [7, 11) is 0. The van der Waals surface area contributed by atoms with E-state index in [4.69, 9.17) is 0 Å². The summed E-state index contributed by atoms with van der Waals surface area (Å²) >= 11 is 0. The Labute approximate surface area is 155 Å². The van der Waals surface area contributed by atoms with Crippen LogP contribution < -0.4 is 10.6 Å². The van der Waals surface area contributed by atoms with E-state index < -0.39 is 0 Å². The second-order valence-corrected chi connectivity index (χ2v) is 7.94. The average molecular weight is 355 g/mol. The van der Waals surface area contributed by atoms with Gasteiger partial charge in [-0.2, -0.15) is 0 Å². The summed E-state index contributed by atoms with van der Waals surface area (Å²) in [5, 5.41) is 6.58. The van der Waals surface area contributed by atoms with Gasteiger partial charge in [0, 0.05) is 19.1 Å². The van der Waals surface area contributed by atoms with Crippen molar-refractivity contribution in [1.82, 2.24) is 15.5 Å². The van der Waals surface area contributed by atoms with E-state index in [1.165, 1.54) is 30.4 Å². The monoisotopic (exact) mass is 355 g/mol. The lowest BCUT2D eigenvalue weighted by Crippen LogP contribution is -2.55. The molecular formula is C21H29N3O2. The summed E-state index contributed by atoms with van der Waals surface area (Å²) in [5.41, 5.74) is 2.51. The Morgan fingerprint density at radius 1 is 1.00 bits per heavy atom. The van der Waals surface area contributed by atoms with Crippen LogP contribution in [0.25, 0.3) is 0 Å². The third-order valence-electron chi connectivity index (χ3n) is 6.17. The molecule has 1 aromatic carbocycles. The van der Waals surface area contributed by atoms with Crippen LogP contribution in [0.2, 0.25) is 0 Å². The summed E-state index contributed by atoms with van der Waals surface area (Å²) in [6.07, 6.45) is 8.23. The zero-order valence-corrected chi connectivity index (χ0v) is 15.4. The Bertz CT molecular complexity index is 669. The first-order valence-electron chi connectivity index (χ1n) is 10.1. The van der Waals surface area contributed by atoms with E-state index in [1.807, 2.05) is 17.0 Å². The maximum Gasteiger partial charge on any atom is 0.243 e. The maximum absolute atomic E-state index is 13.1. The Hall–Kier alpha value is -1.88. The van der Waals surface area contributed by atoms with Gasteiger partial charge in [-0.3, -0.25) is 9.59 Å². The van der Waals surface area contributed by atoms with Gasteiger partial charge in [0.25, 0.3) is 0 Å². The minimum atomic E-state index is -0.289. The quantitative estimate of drug-likeness (QED) is 0.873. The topological polar surface area (TPSA) is 61.4 Å². The van der Waals surface area contributed by atoms with Crippen LogP contribution in [0.5, 0.6) is 0 Å². The van der Waals surface area contributed by atoms with E-state index in [2.05, 4.69) is 22.8 Å². The van der Waals surface area contributed by atoms with Gasteiger partial charge < -0.3 is 15.5 Å². The van der Waals surface area contributed by atoms with Crippen LogP contribution in [0.4, 0.5) is 0 Å². The smallest absolute Gasteiger partial charge is 0.243 e. The van der Waals surface area contributed by atoms with E-state index >= 15 is 0 Å². The van der Waals surface area contributed by atoms with Gasteiger partial charge in [-0.25, -0.2) is 0 Å². The van der Waals surface area contributed by atoms with Crippen molar-refractivity contribution in [3.05, 3.63) is 35.4 Å². The number of nitrogens with zero attached hydrogens (tertiary/aromatic N) is 1. The highest BCUT2D eigenvalue weighted by Gasteiger charge is 2.38. The lowest BCUT2D eigenvalue weighted by atomic mass is 9.94. The molecule has 4 rings (SSSR count). The number of amides is 2. The molecule has 0 bridgehead atoms. The molecule has 2 amide bonds. The molecule has 5 heteroatoms. The van der Waals surface area contributed by atoms with Gasteiger partial charge in [0.05, 0.1) is 6.04 Å². The van der Waals surface area contributed by atoms with Crippen LogP contribution in [0, 0.1) is 0 Å². The molecule has 3 aliphatic rings. The van der Waals surface area contributed by atoms with Crippen molar-refractivity contribution >= 4 is 11.8 Å². The van der Waals surface area contributed by atoms with Gasteiger partial charge >= 0.3 is 0 Å². The van der Waals surface area contributed by atoms with Crippen molar-refractivity contribution in [3.8, 4) is 0 Å². The highest BCUT2D eigenvalue weighted by Crippen LogP contribution is 2.24. The van der Waals surface area contributed by atoms with Gasteiger partial charge in [-0.15, -0.1) is 0 Å². The molecule has 0 aromatic heterocycles. The van der Waals surface area contributed by atoms with E-state index in [0.717, 1.165) is 32.2 Å². The number of carbonyl (C=O) groups excluding carboxylic acids is 2. The van der Waals surface area contributed by atoms with Crippen LogP contribution >= 0.6 is 0 Å². The molecule has 1 saturated heterocycles. The number of likely N-dealkylation sites (tertiary alicyclic amines) is 1. The average Bonchev–Trinajstić information content (AvgIpc) is 3.18. The van der Waals surface area contributed by atoms with Crippen molar-refractivity contribution in [2.24, 2.45) is 0 Å². The van der Waals surface area contributed by atoms with Crippen LogP contribution in [0.3, 0.4) is 0 Å². The molecule has 0 unspecified atom stereocenters. The zero-order valence-electron chi connectivity index (χ0n) is 15.4. The SMILES string of the molecule is O=C(NC1CCCCC1)[C@@H]1CCCN1C(=O)[C@@H]1Cc2ccccc2CN1. The highest BCUT2D eigenvalue weighted by molar-refractivity contribution is 5.90. The Balaban J connectivity index is 1.39. The Morgan fingerprint density at radius 2 is 1.77 bits per heavy atom. The molecule has 140 valence electrons. The molecular weight excluding hydrogens is 326 g/mol. The van der Waals surface area contributed by atoms with Crippen molar-refractivity contribution in [2.45, 2.75) is 76.0 Å². The van der Waals surface area contributed by atoms with Gasteiger partial charge in [0.2, 0.25) is 11.8 Å². The molecule has 2 atom stereocenters. The van der Waals surface area contributed by atoms with Gasteiger partial charge in [0.1, 0.15) is 6.04 Å². The second-order valence-electron chi connectivity index (χ2n) is 7.94. The molecule has 2 aliphatic heterocycles. The Morgan fingerprint density at radius 3 is 2.58 bits per heavy atom. The number of nitrogens with one attached hydrogen (secondary N) is 2.